The largest absolute Gasteiger partial charge is 0.447 e. The number of amidine groups is 1. The van der Waals surface area contributed by atoms with E-state index in [1.165, 1.54) is 12.1 Å². The molecule has 4 rings (SSSR count). The maximum Gasteiger partial charge on any atom is 0.409 e. The van der Waals surface area contributed by atoms with Crippen molar-refractivity contribution in [2.45, 2.75) is 18.9 Å². The number of amides is 1. The van der Waals surface area contributed by atoms with E-state index in [9.17, 15) is 9.18 Å². The van der Waals surface area contributed by atoms with Gasteiger partial charge < -0.3 is 25.9 Å². The van der Waals surface area contributed by atoms with E-state index < -0.39 is 5.82 Å². The number of anilines is 1. The predicted octanol–water partition coefficient (Wildman–Crippen LogP) is 4.14. The van der Waals surface area contributed by atoms with E-state index >= 15 is 0 Å². The van der Waals surface area contributed by atoms with Gasteiger partial charge in [0.05, 0.1) is 29.4 Å². The Labute approximate surface area is 223 Å². The Balaban J connectivity index is 1.52. The summed E-state index contributed by atoms with van der Waals surface area (Å²) >= 11 is 5.87. The summed E-state index contributed by atoms with van der Waals surface area (Å²) in [6, 6.07) is 6.23. The lowest BCUT2D eigenvalue weighted by molar-refractivity contribution is 0.0628. The van der Waals surface area contributed by atoms with Gasteiger partial charge in [0.1, 0.15) is 18.1 Å². The Kier molecular flexibility index (Phi) is 8.81. The van der Waals surface area contributed by atoms with Gasteiger partial charge in [-0.05, 0) is 31.0 Å². The molecule has 0 radical (unpaired) electrons. The second-order valence-electron chi connectivity index (χ2n) is 8.42. The van der Waals surface area contributed by atoms with Crippen LogP contribution < -0.4 is 11.6 Å². The maximum absolute atomic E-state index is 14.4. The third-order valence-corrected chi connectivity index (χ3v) is 6.31. The van der Waals surface area contributed by atoms with Crippen molar-refractivity contribution >= 4 is 35.0 Å². The van der Waals surface area contributed by atoms with Gasteiger partial charge in [0.2, 0.25) is 0 Å². The van der Waals surface area contributed by atoms with Crippen molar-refractivity contribution in [3.63, 3.8) is 0 Å². The summed E-state index contributed by atoms with van der Waals surface area (Å²) in [6.45, 7) is 1.70. The molecule has 0 spiro atoms. The monoisotopic (exact) mass is 543 g/mol. The molecule has 38 heavy (non-hydrogen) atoms. The highest BCUT2D eigenvalue weighted by Gasteiger charge is 2.25. The van der Waals surface area contributed by atoms with Crippen LogP contribution in [0, 0.1) is 5.82 Å². The quantitative estimate of drug-likeness (QED) is 0.113. The second-order valence-corrected chi connectivity index (χ2v) is 8.82. The smallest absolute Gasteiger partial charge is 0.409 e. The molecule has 0 aliphatic carbocycles. The number of hydrogen-bond donors (Lipinski definition) is 2. The van der Waals surface area contributed by atoms with Gasteiger partial charge in [-0.2, -0.15) is 5.10 Å². The minimum absolute atomic E-state index is 0.0299. The van der Waals surface area contributed by atoms with Crippen LogP contribution in [0.25, 0.3) is 11.1 Å². The number of carbonyl (C=O) groups excluding carboxylic acids is 1. The fraction of sp³-hybridized carbons (Fsp3) is 0.333. The fourth-order valence-electron chi connectivity index (χ4n) is 4.00. The minimum atomic E-state index is -0.711. The number of nitrogen functional groups attached to an aromatic ring is 1. The number of likely N-dealkylation sites (tertiary alicyclic amines) is 1. The number of aliphatic imine (C=N–C) groups is 1. The highest BCUT2D eigenvalue weighted by atomic mass is 35.5. The van der Waals surface area contributed by atoms with Crippen LogP contribution in [0.3, 0.4) is 0 Å². The van der Waals surface area contributed by atoms with Gasteiger partial charge in [0, 0.05) is 43.7 Å². The Morgan fingerprint density at radius 3 is 2.76 bits per heavy atom. The van der Waals surface area contributed by atoms with E-state index in [-0.39, 0.29) is 41.1 Å². The molecule has 3 heterocycles. The highest BCUT2D eigenvalue weighted by molar-refractivity contribution is 6.31. The van der Waals surface area contributed by atoms with Gasteiger partial charge >= 0.3 is 6.09 Å². The van der Waals surface area contributed by atoms with Crippen LogP contribution in [0.15, 0.2) is 58.2 Å². The number of methoxy groups -OCH3 is 1. The van der Waals surface area contributed by atoms with Crippen molar-refractivity contribution in [3.05, 3.63) is 59.3 Å². The first-order valence-corrected chi connectivity index (χ1v) is 12.1. The van der Waals surface area contributed by atoms with E-state index in [2.05, 4.69) is 25.4 Å². The van der Waals surface area contributed by atoms with E-state index in [1.807, 2.05) is 10.9 Å². The molecule has 0 bridgehead atoms. The number of pyridine rings is 1. The number of halogens is 2. The number of piperidine rings is 1. The zero-order chi connectivity index (χ0) is 27.1. The number of carbonyl (C=O) groups is 1. The molecule has 1 aliphatic heterocycles. The normalized spacial score (nSPS) is 14.8. The van der Waals surface area contributed by atoms with Crippen LogP contribution in [0.2, 0.25) is 5.02 Å². The summed E-state index contributed by atoms with van der Waals surface area (Å²) in [5.41, 5.74) is 7.82. The molecule has 1 amide bonds. The van der Waals surface area contributed by atoms with Crippen molar-refractivity contribution in [2.75, 3.05) is 39.1 Å². The van der Waals surface area contributed by atoms with Gasteiger partial charge in [0.15, 0.2) is 11.7 Å². The SMILES string of the molecule is COCCOC(=O)N1CCC(n2cc(-c3cnc(N)c(C(N=NN)=Nc4cccc(Cl)c4F)c3)cn2)CC1. The number of benzene rings is 1. The molecule has 1 aromatic carbocycles. The Morgan fingerprint density at radius 2 is 2.03 bits per heavy atom. The predicted molar refractivity (Wildman–Crippen MR) is 140 cm³/mol. The first-order chi connectivity index (χ1) is 18.4. The Hall–Kier alpha value is -4.10. The van der Waals surface area contributed by atoms with Crippen molar-refractivity contribution < 1.29 is 18.7 Å². The van der Waals surface area contributed by atoms with Gasteiger partial charge in [-0.15, -0.1) is 5.11 Å². The van der Waals surface area contributed by atoms with Gasteiger partial charge in [0.25, 0.3) is 0 Å². The van der Waals surface area contributed by atoms with Gasteiger partial charge in [-0.25, -0.2) is 19.2 Å². The first kappa shape index (κ1) is 26.9. The molecule has 1 saturated heterocycles. The van der Waals surface area contributed by atoms with E-state index in [0.717, 1.165) is 18.4 Å². The lowest BCUT2D eigenvalue weighted by Crippen LogP contribution is -2.39. The lowest BCUT2D eigenvalue weighted by Gasteiger charge is -2.31. The van der Waals surface area contributed by atoms with Crippen LogP contribution in [-0.2, 0) is 9.47 Å². The highest BCUT2D eigenvalue weighted by Crippen LogP contribution is 2.29. The fourth-order valence-corrected chi connectivity index (χ4v) is 4.17. The summed E-state index contributed by atoms with van der Waals surface area (Å²) in [5, 5.41) is 11.6. The molecule has 12 nitrogen and oxygen atoms in total. The molecule has 2 aromatic heterocycles. The number of ether oxygens (including phenoxy) is 2. The molecule has 4 N–H and O–H groups in total. The Morgan fingerprint density at radius 1 is 1.24 bits per heavy atom. The third-order valence-electron chi connectivity index (χ3n) is 6.01. The van der Waals surface area contributed by atoms with Crippen LogP contribution in [0.1, 0.15) is 24.4 Å². The average Bonchev–Trinajstić information content (AvgIpc) is 3.42. The number of nitrogens with zero attached hydrogens (tertiary/aromatic N) is 7. The van der Waals surface area contributed by atoms with Crippen LogP contribution in [0.5, 0.6) is 0 Å². The molecular formula is C24H27ClFN9O3. The third kappa shape index (κ3) is 6.23. The number of hydrogen-bond acceptors (Lipinski definition) is 8. The topological polar surface area (TPSA) is 159 Å². The van der Waals surface area contributed by atoms with E-state index in [4.69, 9.17) is 32.7 Å². The van der Waals surface area contributed by atoms with E-state index in [1.54, 1.807) is 36.5 Å². The van der Waals surface area contributed by atoms with Crippen molar-refractivity contribution in [3.8, 4) is 11.1 Å². The molecule has 1 fully saturated rings. The minimum Gasteiger partial charge on any atom is -0.447 e. The van der Waals surface area contributed by atoms with Gasteiger partial charge in [-0.3, -0.25) is 4.68 Å². The van der Waals surface area contributed by atoms with Crippen LogP contribution in [-0.4, -0.2) is 65.0 Å². The first-order valence-electron chi connectivity index (χ1n) is 11.8. The summed E-state index contributed by atoms with van der Waals surface area (Å²) in [4.78, 5) is 22.3. The molecule has 0 saturated carbocycles. The van der Waals surface area contributed by atoms with Crippen molar-refractivity contribution in [1.82, 2.24) is 19.7 Å². The molecule has 200 valence electrons. The second kappa shape index (κ2) is 12.4. The number of aromatic nitrogens is 3. The molecular weight excluding hydrogens is 517 g/mol. The summed E-state index contributed by atoms with van der Waals surface area (Å²) in [7, 11) is 1.55. The zero-order valence-electron chi connectivity index (χ0n) is 20.6. The summed E-state index contributed by atoms with van der Waals surface area (Å²) in [6.07, 6.45) is 6.31. The molecule has 14 heteroatoms. The lowest BCUT2D eigenvalue weighted by atomic mass is 10.1. The Bertz CT molecular complexity index is 1340. The molecule has 3 aromatic rings. The standard InChI is InChI=1S/C24H27ClFN9O3/c1-37-9-10-38-24(36)34-7-5-17(6-8-34)35-14-16(13-30-35)15-11-18(22(27)29-12-15)23(32-33-28)31-20-4-2-3-19(25)21(20)26/h2-4,11-14,17H,5-10H2,1H3,(H2,27,29)(H2,28,31,32). The van der Waals surface area contributed by atoms with Gasteiger partial charge in [-0.1, -0.05) is 22.9 Å². The molecule has 0 unspecified atom stereocenters. The maximum atomic E-state index is 14.4. The van der Waals surface area contributed by atoms with Crippen LogP contribution >= 0.6 is 11.6 Å². The molecule has 0 atom stereocenters. The van der Waals surface area contributed by atoms with Crippen LogP contribution in [0.4, 0.5) is 20.7 Å². The summed E-state index contributed by atoms with van der Waals surface area (Å²) in [5.74, 6) is 4.65. The number of nitrogens with two attached hydrogens (primary N) is 2. The van der Waals surface area contributed by atoms with Crippen molar-refractivity contribution in [2.24, 2.45) is 21.2 Å². The number of rotatable bonds is 7. The molecule has 1 aliphatic rings. The van der Waals surface area contributed by atoms with Crippen molar-refractivity contribution in [1.29, 1.82) is 0 Å². The van der Waals surface area contributed by atoms with E-state index in [0.29, 0.717) is 30.8 Å². The summed E-state index contributed by atoms with van der Waals surface area (Å²) < 4.78 is 26.4. The zero-order valence-corrected chi connectivity index (χ0v) is 21.4. The average molecular weight is 544 g/mol.